The quantitative estimate of drug-likeness (QED) is 0.382. The fourth-order valence-electron chi connectivity index (χ4n) is 4.23. The number of ether oxygens (including phenoxy) is 2. The van der Waals surface area contributed by atoms with E-state index in [1.165, 1.54) is 11.9 Å². The molecule has 8 heteroatoms. The van der Waals surface area contributed by atoms with Crippen LogP contribution < -0.4 is 20.1 Å². The van der Waals surface area contributed by atoms with Crippen molar-refractivity contribution in [2.45, 2.75) is 26.5 Å². The van der Waals surface area contributed by atoms with Crippen molar-refractivity contribution in [1.29, 1.82) is 0 Å². The first-order chi connectivity index (χ1) is 17.5. The number of carbonyl (C=O) groups is 1. The molecule has 0 fully saturated rings. The number of hydrogen-bond donors (Lipinski definition) is 2. The summed E-state index contributed by atoms with van der Waals surface area (Å²) in [5, 5.41) is 10.6. The van der Waals surface area contributed by atoms with Gasteiger partial charge in [-0.1, -0.05) is 54.1 Å². The van der Waals surface area contributed by atoms with Gasteiger partial charge >= 0.3 is 0 Å². The number of aromatic nitrogens is 3. The van der Waals surface area contributed by atoms with Crippen LogP contribution in [0.5, 0.6) is 11.5 Å². The molecule has 0 aliphatic carbocycles. The van der Waals surface area contributed by atoms with E-state index in [4.69, 9.17) is 9.47 Å². The molecule has 4 aromatic rings. The van der Waals surface area contributed by atoms with Gasteiger partial charge in [-0.15, -0.1) is 0 Å². The summed E-state index contributed by atoms with van der Waals surface area (Å²) < 4.78 is 13.4. The summed E-state index contributed by atoms with van der Waals surface area (Å²) in [6.45, 7) is 4.33. The molecule has 0 saturated heterocycles. The summed E-state index contributed by atoms with van der Waals surface area (Å²) in [6, 6.07) is 22.7. The molecular formula is C28H27N5O3. The van der Waals surface area contributed by atoms with Crippen LogP contribution in [0.2, 0.25) is 0 Å². The zero-order valence-corrected chi connectivity index (χ0v) is 20.4. The van der Waals surface area contributed by atoms with Gasteiger partial charge in [0.25, 0.3) is 5.91 Å². The van der Waals surface area contributed by atoms with Crippen molar-refractivity contribution in [3.05, 3.63) is 107 Å². The van der Waals surface area contributed by atoms with E-state index in [-0.39, 0.29) is 5.91 Å². The van der Waals surface area contributed by atoms with Gasteiger partial charge in [-0.25, -0.2) is 4.68 Å². The predicted molar refractivity (Wildman–Crippen MR) is 138 cm³/mol. The van der Waals surface area contributed by atoms with Gasteiger partial charge in [0, 0.05) is 11.4 Å². The smallest absolute Gasteiger partial charge is 0.255 e. The van der Waals surface area contributed by atoms with Crippen LogP contribution in [0.25, 0.3) is 0 Å². The second kappa shape index (κ2) is 9.95. The molecule has 0 spiro atoms. The molecular weight excluding hydrogens is 454 g/mol. The van der Waals surface area contributed by atoms with Crippen molar-refractivity contribution in [1.82, 2.24) is 14.8 Å². The van der Waals surface area contributed by atoms with E-state index in [1.807, 2.05) is 67.6 Å². The molecule has 3 aromatic carbocycles. The second-order valence-corrected chi connectivity index (χ2v) is 8.60. The Morgan fingerprint density at radius 1 is 1.03 bits per heavy atom. The minimum Gasteiger partial charge on any atom is -0.493 e. The first-order valence-electron chi connectivity index (χ1n) is 11.6. The number of amides is 1. The zero-order chi connectivity index (χ0) is 25.1. The first-order valence-corrected chi connectivity index (χ1v) is 11.6. The van der Waals surface area contributed by atoms with Crippen molar-refractivity contribution in [2.75, 3.05) is 17.7 Å². The number of methoxy groups -OCH3 is 1. The summed E-state index contributed by atoms with van der Waals surface area (Å²) in [5.41, 5.74) is 5.03. The van der Waals surface area contributed by atoms with Crippen LogP contribution in [-0.2, 0) is 11.4 Å². The average molecular weight is 482 g/mol. The van der Waals surface area contributed by atoms with Gasteiger partial charge in [0.2, 0.25) is 5.95 Å². The van der Waals surface area contributed by atoms with Crippen molar-refractivity contribution < 1.29 is 14.3 Å². The Bertz CT molecular complexity index is 1410. The number of aryl methyl sites for hydroxylation is 1. The maximum Gasteiger partial charge on any atom is 0.255 e. The van der Waals surface area contributed by atoms with Crippen LogP contribution in [-0.4, -0.2) is 27.8 Å². The minimum atomic E-state index is -0.507. The third-order valence-electron chi connectivity index (χ3n) is 6.09. The molecule has 36 heavy (non-hydrogen) atoms. The number of para-hydroxylation sites is 1. The monoisotopic (exact) mass is 481 g/mol. The molecule has 182 valence electrons. The lowest BCUT2D eigenvalue weighted by Crippen LogP contribution is -2.31. The topological polar surface area (TPSA) is 90.3 Å². The number of nitrogens with zero attached hydrogens (tertiary/aromatic N) is 3. The molecule has 1 aromatic heterocycles. The number of benzene rings is 3. The Morgan fingerprint density at radius 3 is 2.56 bits per heavy atom. The summed E-state index contributed by atoms with van der Waals surface area (Å²) >= 11 is 0. The Morgan fingerprint density at radius 2 is 1.81 bits per heavy atom. The van der Waals surface area contributed by atoms with Gasteiger partial charge in [-0.05, 0) is 49.2 Å². The van der Waals surface area contributed by atoms with E-state index in [2.05, 4.69) is 39.8 Å². The van der Waals surface area contributed by atoms with Crippen LogP contribution in [0.3, 0.4) is 0 Å². The summed E-state index contributed by atoms with van der Waals surface area (Å²) in [7, 11) is 1.60. The molecule has 0 saturated carbocycles. The Balaban J connectivity index is 1.47. The van der Waals surface area contributed by atoms with E-state index >= 15 is 0 Å². The van der Waals surface area contributed by atoms with Crippen molar-refractivity contribution >= 4 is 17.5 Å². The lowest BCUT2D eigenvalue weighted by atomic mass is 9.94. The normalized spacial score (nSPS) is 14.6. The minimum absolute atomic E-state index is 0.226. The Kier molecular flexibility index (Phi) is 6.40. The van der Waals surface area contributed by atoms with E-state index in [0.29, 0.717) is 41.0 Å². The van der Waals surface area contributed by atoms with Crippen LogP contribution in [0.1, 0.15) is 29.7 Å². The molecule has 1 aliphatic heterocycles. The molecule has 0 unspecified atom stereocenters. The van der Waals surface area contributed by atoms with E-state index in [9.17, 15) is 4.79 Å². The summed E-state index contributed by atoms with van der Waals surface area (Å²) in [5.74, 6) is 1.52. The number of nitrogens with one attached hydrogen (secondary N) is 2. The standard InChI is InChI=1S/C28H27N5O3/c1-18-9-11-20(12-10-18)16-36-23-14-13-21(15-24(23)35-3)26-25(19(2)31-28-29-17-30-33(26)28)27(34)32-22-7-5-4-6-8-22/h4-15,17,26H,16H2,1-3H3,(H,32,34)(H,29,30,31)/t26-/m0/s1. The molecule has 1 amide bonds. The number of anilines is 2. The average Bonchev–Trinajstić information content (AvgIpc) is 3.36. The molecule has 5 rings (SSSR count). The molecule has 1 aliphatic rings. The summed E-state index contributed by atoms with van der Waals surface area (Å²) in [4.78, 5) is 17.8. The highest BCUT2D eigenvalue weighted by molar-refractivity contribution is 6.06. The molecule has 2 N–H and O–H groups in total. The van der Waals surface area contributed by atoms with E-state index < -0.39 is 6.04 Å². The first kappa shape index (κ1) is 23.2. The zero-order valence-electron chi connectivity index (χ0n) is 20.4. The van der Waals surface area contributed by atoms with Gasteiger partial charge in [0.1, 0.15) is 19.0 Å². The number of hydrogen-bond acceptors (Lipinski definition) is 6. The van der Waals surface area contributed by atoms with Gasteiger partial charge < -0.3 is 20.1 Å². The lowest BCUT2D eigenvalue weighted by molar-refractivity contribution is -0.113. The lowest BCUT2D eigenvalue weighted by Gasteiger charge is -2.29. The van der Waals surface area contributed by atoms with Gasteiger partial charge in [0.05, 0.1) is 12.7 Å². The maximum absolute atomic E-state index is 13.5. The van der Waals surface area contributed by atoms with Crippen LogP contribution in [0.4, 0.5) is 11.6 Å². The fraction of sp³-hybridized carbons (Fsp3) is 0.179. The molecule has 8 nitrogen and oxygen atoms in total. The number of rotatable bonds is 7. The highest BCUT2D eigenvalue weighted by Crippen LogP contribution is 2.39. The van der Waals surface area contributed by atoms with Crippen molar-refractivity contribution in [3.63, 3.8) is 0 Å². The SMILES string of the molecule is COc1cc([C@H]2C(C(=O)Nc3ccccc3)=C(C)Nc3ncnn32)ccc1OCc1ccc(C)cc1. The maximum atomic E-state index is 13.5. The summed E-state index contributed by atoms with van der Waals surface area (Å²) in [6.07, 6.45) is 1.47. The molecule has 0 radical (unpaired) electrons. The van der Waals surface area contributed by atoms with Crippen molar-refractivity contribution in [3.8, 4) is 11.5 Å². The van der Waals surface area contributed by atoms with Crippen LogP contribution in [0.15, 0.2) is 90.4 Å². The van der Waals surface area contributed by atoms with Gasteiger partial charge in [-0.2, -0.15) is 10.1 Å². The number of carbonyl (C=O) groups excluding carboxylic acids is 1. The van der Waals surface area contributed by atoms with Crippen LogP contribution in [0, 0.1) is 6.92 Å². The number of allylic oxidation sites excluding steroid dienone is 1. The Hall–Kier alpha value is -4.59. The predicted octanol–water partition coefficient (Wildman–Crippen LogP) is 5.10. The van der Waals surface area contributed by atoms with Gasteiger partial charge in [0.15, 0.2) is 11.5 Å². The van der Waals surface area contributed by atoms with E-state index in [1.54, 1.807) is 11.8 Å². The molecule has 2 heterocycles. The molecule has 0 bridgehead atoms. The highest BCUT2D eigenvalue weighted by atomic mass is 16.5. The van der Waals surface area contributed by atoms with E-state index in [0.717, 1.165) is 11.1 Å². The largest absolute Gasteiger partial charge is 0.493 e. The fourth-order valence-corrected chi connectivity index (χ4v) is 4.23. The third kappa shape index (κ3) is 4.65. The third-order valence-corrected chi connectivity index (χ3v) is 6.09. The molecule has 1 atom stereocenters. The Labute approximate surface area is 209 Å². The number of fused-ring (bicyclic) bond motifs is 1. The van der Waals surface area contributed by atoms with Gasteiger partial charge in [-0.3, -0.25) is 4.79 Å². The van der Waals surface area contributed by atoms with Crippen molar-refractivity contribution in [2.24, 2.45) is 0 Å². The second-order valence-electron chi connectivity index (χ2n) is 8.60. The highest BCUT2D eigenvalue weighted by Gasteiger charge is 2.34. The van der Waals surface area contributed by atoms with Crippen LogP contribution >= 0.6 is 0 Å².